The second-order valence-corrected chi connectivity index (χ2v) is 12.3. The number of nitrogens with zero attached hydrogens (tertiary/aromatic N) is 1. The molecule has 0 saturated heterocycles. The molecule has 3 atom stereocenters. The van der Waals surface area contributed by atoms with E-state index in [1.807, 2.05) is 19.9 Å². The van der Waals surface area contributed by atoms with Crippen LogP contribution in [0.3, 0.4) is 0 Å². The molecule has 1 heterocycles. The summed E-state index contributed by atoms with van der Waals surface area (Å²) in [4.78, 5) is 4.41. The van der Waals surface area contributed by atoms with Crippen molar-refractivity contribution in [1.29, 1.82) is 0 Å². The maximum Gasteiger partial charge on any atom is 0.261 e. The standard InChI is InChI=1S/C23H28Cl2N2O4S.C3H8.C2H6/c1-14-8-15(2)10-18(9-14)31-21-5-3-4-20(23-26-6-7-30-23)22(21)27-32(28,29)19-12-16(24)11-17(25)13-19;1-3-2;1-2/h3-5,12-16,18,27H,6-11H2,1-2H3;3H2,1-2H3;1-2H3. The first kappa shape index (κ1) is 31.5. The first-order valence-corrected chi connectivity index (χ1v) is 15.6. The maximum absolute atomic E-state index is 13.3. The van der Waals surface area contributed by atoms with Gasteiger partial charge >= 0.3 is 0 Å². The van der Waals surface area contributed by atoms with Crippen molar-refractivity contribution in [2.24, 2.45) is 16.8 Å². The average Bonchev–Trinajstić information content (AvgIpc) is 3.35. The number of anilines is 1. The van der Waals surface area contributed by atoms with Crippen LogP contribution in [0.15, 0.2) is 45.3 Å². The Morgan fingerprint density at radius 2 is 1.78 bits per heavy atom. The number of hydrogen-bond acceptors (Lipinski definition) is 5. The van der Waals surface area contributed by atoms with Crippen LogP contribution < -0.4 is 9.46 Å². The summed E-state index contributed by atoms with van der Waals surface area (Å²) < 4.78 is 41.3. The monoisotopic (exact) mass is 572 g/mol. The van der Waals surface area contributed by atoms with Crippen LogP contribution in [-0.4, -0.2) is 38.9 Å². The molecular weight excluding hydrogens is 531 g/mol. The van der Waals surface area contributed by atoms with E-state index in [1.165, 1.54) is 25.0 Å². The molecule has 1 saturated carbocycles. The molecule has 4 rings (SSSR count). The van der Waals surface area contributed by atoms with Gasteiger partial charge in [-0.3, -0.25) is 4.72 Å². The molecule has 0 aromatic heterocycles. The molecule has 0 radical (unpaired) electrons. The average molecular weight is 574 g/mol. The van der Waals surface area contributed by atoms with E-state index in [0.29, 0.717) is 59.3 Å². The highest BCUT2D eigenvalue weighted by molar-refractivity contribution is 7.96. The molecule has 6 nitrogen and oxygen atoms in total. The summed E-state index contributed by atoms with van der Waals surface area (Å²) in [5.74, 6) is 1.97. The summed E-state index contributed by atoms with van der Waals surface area (Å²) in [6, 6.07) is 5.39. The number of para-hydroxylation sites is 1. The van der Waals surface area contributed by atoms with Crippen LogP contribution in [-0.2, 0) is 14.8 Å². The number of hydrogen-bond donors (Lipinski definition) is 1. The molecule has 0 spiro atoms. The SMILES string of the molecule is CC.CC1CC(C)CC(Oc2cccc(C3=NCCO3)c2NS(=O)(=O)C2=CC(Cl)CC(Cl)=C2)C1.CCC. The largest absolute Gasteiger partial charge is 0.488 e. The predicted octanol–water partition coefficient (Wildman–Crippen LogP) is 7.87. The molecule has 3 aliphatic rings. The molecule has 0 amide bonds. The molecule has 37 heavy (non-hydrogen) atoms. The molecule has 1 aromatic carbocycles. The van der Waals surface area contributed by atoms with E-state index in [2.05, 4.69) is 37.4 Å². The zero-order valence-electron chi connectivity index (χ0n) is 22.9. The first-order valence-electron chi connectivity index (χ1n) is 13.3. The fourth-order valence-corrected chi connectivity index (χ4v) is 6.65. The Hall–Kier alpha value is -1.70. The van der Waals surface area contributed by atoms with Crippen molar-refractivity contribution >= 4 is 44.8 Å². The van der Waals surface area contributed by atoms with Gasteiger partial charge < -0.3 is 9.47 Å². The van der Waals surface area contributed by atoms with E-state index in [4.69, 9.17) is 32.7 Å². The van der Waals surface area contributed by atoms with E-state index in [9.17, 15) is 8.42 Å². The summed E-state index contributed by atoms with van der Waals surface area (Å²) >= 11 is 12.3. The van der Waals surface area contributed by atoms with Gasteiger partial charge in [0.25, 0.3) is 10.0 Å². The lowest BCUT2D eigenvalue weighted by molar-refractivity contribution is 0.102. The summed E-state index contributed by atoms with van der Waals surface area (Å²) in [5.41, 5.74) is 0.871. The van der Waals surface area contributed by atoms with Crippen LogP contribution in [0.5, 0.6) is 5.75 Å². The van der Waals surface area contributed by atoms with Gasteiger partial charge in [0, 0.05) is 11.5 Å². The number of nitrogens with one attached hydrogen (secondary N) is 1. The Morgan fingerprint density at radius 1 is 1.14 bits per heavy atom. The minimum atomic E-state index is -3.96. The quantitative estimate of drug-likeness (QED) is 0.352. The summed E-state index contributed by atoms with van der Waals surface area (Å²) in [6.07, 6.45) is 7.60. The van der Waals surface area contributed by atoms with Crippen LogP contribution in [0, 0.1) is 11.8 Å². The number of sulfonamides is 1. The van der Waals surface area contributed by atoms with Gasteiger partial charge in [-0.15, -0.1) is 11.6 Å². The third-order valence-electron chi connectivity index (χ3n) is 5.85. The normalized spacial score (nSPS) is 25.1. The summed E-state index contributed by atoms with van der Waals surface area (Å²) in [6.45, 7) is 13.7. The highest BCUT2D eigenvalue weighted by Crippen LogP contribution is 2.37. The van der Waals surface area contributed by atoms with Crippen LogP contribution in [0.4, 0.5) is 5.69 Å². The van der Waals surface area contributed by atoms with Gasteiger partial charge in [0.05, 0.1) is 28.5 Å². The van der Waals surface area contributed by atoms with Crippen molar-refractivity contribution in [2.45, 2.75) is 85.1 Å². The van der Waals surface area contributed by atoms with Crippen molar-refractivity contribution in [3.63, 3.8) is 0 Å². The van der Waals surface area contributed by atoms with Crippen molar-refractivity contribution in [3.05, 3.63) is 45.9 Å². The Morgan fingerprint density at radius 3 is 2.35 bits per heavy atom. The molecular formula is C28H42Cl2N2O4S. The second-order valence-electron chi connectivity index (χ2n) is 9.56. The number of allylic oxidation sites excluding steroid dienone is 3. The van der Waals surface area contributed by atoms with Gasteiger partial charge in [-0.2, -0.15) is 0 Å². The summed E-state index contributed by atoms with van der Waals surface area (Å²) in [5, 5.41) is -0.0934. The molecule has 0 bridgehead atoms. The van der Waals surface area contributed by atoms with Gasteiger partial charge in [-0.05, 0) is 55.4 Å². The molecule has 1 fully saturated rings. The second kappa shape index (κ2) is 15.0. The van der Waals surface area contributed by atoms with Crippen molar-refractivity contribution in [2.75, 3.05) is 17.9 Å². The highest BCUT2D eigenvalue weighted by Gasteiger charge is 2.30. The third-order valence-corrected chi connectivity index (χ3v) is 7.74. The fraction of sp³-hybridized carbons (Fsp3) is 0.607. The lowest BCUT2D eigenvalue weighted by Gasteiger charge is -2.32. The Bertz CT molecular complexity index is 1080. The lowest BCUT2D eigenvalue weighted by atomic mass is 9.82. The number of rotatable bonds is 6. The molecule has 9 heteroatoms. The number of alkyl halides is 1. The van der Waals surface area contributed by atoms with Crippen molar-refractivity contribution < 1.29 is 17.9 Å². The maximum atomic E-state index is 13.3. The van der Waals surface area contributed by atoms with E-state index in [1.54, 1.807) is 12.1 Å². The molecule has 3 unspecified atom stereocenters. The Kier molecular flexibility index (Phi) is 12.8. The molecule has 208 valence electrons. The van der Waals surface area contributed by atoms with Crippen molar-refractivity contribution in [1.82, 2.24) is 0 Å². The molecule has 1 aromatic rings. The Labute approximate surface area is 233 Å². The van der Waals surface area contributed by atoms with Gasteiger partial charge in [-0.25, -0.2) is 13.4 Å². The Balaban J connectivity index is 0.000000898. The summed E-state index contributed by atoms with van der Waals surface area (Å²) in [7, 11) is -3.96. The van der Waals surface area contributed by atoms with Gasteiger partial charge in [0.1, 0.15) is 18.0 Å². The predicted molar refractivity (Wildman–Crippen MR) is 157 cm³/mol. The van der Waals surface area contributed by atoms with Gasteiger partial charge in [0.2, 0.25) is 5.90 Å². The molecule has 2 aliphatic carbocycles. The smallest absolute Gasteiger partial charge is 0.261 e. The fourth-order valence-electron chi connectivity index (χ4n) is 4.61. The van der Waals surface area contributed by atoms with Gasteiger partial charge in [0.15, 0.2) is 0 Å². The lowest BCUT2D eigenvalue weighted by Crippen LogP contribution is -2.29. The third kappa shape index (κ3) is 9.22. The minimum absolute atomic E-state index is 0.00847. The number of aliphatic imine (C=N–C) groups is 1. The zero-order chi connectivity index (χ0) is 27.6. The molecule has 1 N–H and O–H groups in total. The van der Waals surface area contributed by atoms with Crippen LogP contribution in [0.25, 0.3) is 0 Å². The number of ether oxygens (including phenoxy) is 2. The highest BCUT2D eigenvalue weighted by atomic mass is 35.5. The zero-order valence-corrected chi connectivity index (χ0v) is 25.2. The topological polar surface area (TPSA) is 77.0 Å². The van der Waals surface area contributed by atoms with Crippen LogP contribution >= 0.6 is 23.2 Å². The van der Waals surface area contributed by atoms with E-state index < -0.39 is 15.4 Å². The number of benzene rings is 1. The van der Waals surface area contributed by atoms with E-state index in [-0.39, 0.29) is 11.0 Å². The number of halogens is 2. The first-order chi connectivity index (χ1) is 17.6. The van der Waals surface area contributed by atoms with E-state index in [0.717, 1.165) is 12.8 Å². The van der Waals surface area contributed by atoms with E-state index >= 15 is 0 Å². The van der Waals surface area contributed by atoms with Gasteiger partial charge in [-0.1, -0.05) is 65.6 Å². The molecule has 1 aliphatic heterocycles. The minimum Gasteiger partial charge on any atom is -0.488 e. The van der Waals surface area contributed by atoms with Crippen LogP contribution in [0.2, 0.25) is 0 Å². The van der Waals surface area contributed by atoms with Crippen LogP contribution in [0.1, 0.15) is 79.2 Å². The van der Waals surface area contributed by atoms with Crippen molar-refractivity contribution in [3.8, 4) is 5.75 Å².